The third kappa shape index (κ3) is 4.19. The molecule has 0 bridgehead atoms. The van der Waals surface area contributed by atoms with Crippen LogP contribution in [0.3, 0.4) is 0 Å². The molecule has 0 atom stereocenters. The van der Waals surface area contributed by atoms with Crippen LogP contribution in [0.2, 0.25) is 0 Å². The Morgan fingerprint density at radius 1 is 1.05 bits per heavy atom. The van der Waals surface area contributed by atoms with Gasteiger partial charge >= 0.3 is 6.18 Å². The van der Waals surface area contributed by atoms with Gasteiger partial charge in [0.1, 0.15) is 6.61 Å². The van der Waals surface area contributed by atoms with E-state index in [1.807, 2.05) is 0 Å². The molecule has 0 fully saturated rings. The quantitative estimate of drug-likeness (QED) is 0.834. The smallest absolute Gasteiger partial charge is 0.395 e. The fourth-order valence-electron chi connectivity index (χ4n) is 1.92. The summed E-state index contributed by atoms with van der Waals surface area (Å²) in [6, 6.07) is 6.90. The Labute approximate surface area is 109 Å². The molecule has 108 valence electrons. The summed E-state index contributed by atoms with van der Waals surface area (Å²) in [6.07, 6.45) is -4.43. The molecule has 0 saturated carbocycles. The zero-order chi connectivity index (χ0) is 14.5. The lowest BCUT2D eigenvalue weighted by atomic mass is 9.80. The summed E-state index contributed by atoms with van der Waals surface area (Å²) in [6.45, 7) is -1.03. The van der Waals surface area contributed by atoms with E-state index < -0.39 is 38.0 Å². The number of aliphatic hydroxyl groups excluding tert-OH is 2. The molecule has 0 aliphatic heterocycles. The van der Waals surface area contributed by atoms with Crippen LogP contribution in [0.25, 0.3) is 0 Å². The molecule has 0 spiro atoms. The van der Waals surface area contributed by atoms with Crippen LogP contribution >= 0.6 is 0 Å². The van der Waals surface area contributed by atoms with Gasteiger partial charge in [-0.2, -0.15) is 13.2 Å². The Bertz CT molecular complexity index is 400. The highest BCUT2D eigenvalue weighted by Gasteiger charge is 2.35. The Morgan fingerprint density at radius 2 is 1.63 bits per heavy atom. The number of ether oxygens (including phenoxy) is 1. The van der Waals surface area contributed by atoms with Gasteiger partial charge in [0.05, 0.1) is 25.2 Å². The van der Waals surface area contributed by atoms with E-state index in [1.54, 1.807) is 31.2 Å². The van der Waals surface area contributed by atoms with Crippen molar-refractivity contribution in [3.8, 4) is 0 Å². The summed E-state index contributed by atoms with van der Waals surface area (Å²) >= 11 is 0. The fraction of sp³-hybridized carbons (Fsp3) is 0.538. The minimum Gasteiger partial charge on any atom is -0.395 e. The van der Waals surface area contributed by atoms with Gasteiger partial charge in [-0.15, -0.1) is 0 Å². The number of aliphatic hydroxyl groups is 2. The second-order valence-electron chi connectivity index (χ2n) is 4.52. The van der Waals surface area contributed by atoms with Crippen molar-refractivity contribution in [2.45, 2.75) is 18.5 Å². The molecule has 0 heterocycles. The maximum Gasteiger partial charge on any atom is 0.411 e. The summed E-state index contributed by atoms with van der Waals surface area (Å²) in [7, 11) is 0. The molecule has 0 aromatic heterocycles. The van der Waals surface area contributed by atoms with E-state index in [9.17, 15) is 23.4 Å². The van der Waals surface area contributed by atoms with Crippen LogP contribution in [0.4, 0.5) is 13.2 Å². The van der Waals surface area contributed by atoms with Crippen molar-refractivity contribution >= 4 is 0 Å². The zero-order valence-electron chi connectivity index (χ0n) is 10.6. The number of halogens is 3. The molecule has 0 unspecified atom stereocenters. The number of rotatable bonds is 6. The van der Waals surface area contributed by atoms with E-state index in [4.69, 9.17) is 0 Å². The molecule has 1 aromatic rings. The standard InChI is InChI=1S/C13H17F3O3/c1-10-4-2-3-5-11(10)12(6-17,7-18)8-19-9-13(14,15)16/h2-5,17-18H,6-9H2,1H3. The van der Waals surface area contributed by atoms with Crippen LogP contribution in [0.1, 0.15) is 11.1 Å². The highest BCUT2D eigenvalue weighted by atomic mass is 19.4. The Balaban J connectivity index is 2.89. The first-order valence-electron chi connectivity index (χ1n) is 5.77. The average molecular weight is 278 g/mol. The largest absolute Gasteiger partial charge is 0.411 e. The molecule has 1 aromatic carbocycles. The molecule has 2 N–H and O–H groups in total. The lowest BCUT2D eigenvalue weighted by Gasteiger charge is -2.31. The molecule has 0 aliphatic rings. The lowest BCUT2D eigenvalue weighted by molar-refractivity contribution is -0.180. The number of hydrogen-bond donors (Lipinski definition) is 2. The first kappa shape index (κ1) is 15.9. The summed E-state index contributed by atoms with van der Waals surface area (Å²) in [5.41, 5.74) is 0.139. The van der Waals surface area contributed by atoms with Gasteiger partial charge in [0, 0.05) is 0 Å². The van der Waals surface area contributed by atoms with Crippen LogP contribution in [-0.2, 0) is 10.2 Å². The third-order valence-corrected chi connectivity index (χ3v) is 2.97. The molecular weight excluding hydrogens is 261 g/mol. The van der Waals surface area contributed by atoms with Gasteiger partial charge in [-0.05, 0) is 18.1 Å². The monoisotopic (exact) mass is 278 g/mol. The van der Waals surface area contributed by atoms with E-state index in [0.29, 0.717) is 5.56 Å². The minimum atomic E-state index is -4.43. The van der Waals surface area contributed by atoms with Crippen LogP contribution in [0.15, 0.2) is 24.3 Å². The van der Waals surface area contributed by atoms with Crippen molar-refractivity contribution < 1.29 is 28.1 Å². The zero-order valence-corrected chi connectivity index (χ0v) is 10.6. The molecule has 0 amide bonds. The Morgan fingerprint density at radius 3 is 2.11 bits per heavy atom. The van der Waals surface area contributed by atoms with Crippen LogP contribution in [0.5, 0.6) is 0 Å². The predicted molar refractivity (Wildman–Crippen MR) is 63.9 cm³/mol. The first-order valence-corrected chi connectivity index (χ1v) is 5.77. The highest BCUT2D eigenvalue weighted by Crippen LogP contribution is 2.27. The van der Waals surface area contributed by atoms with Gasteiger partial charge in [0.15, 0.2) is 0 Å². The number of alkyl halides is 3. The van der Waals surface area contributed by atoms with Crippen molar-refractivity contribution in [3.05, 3.63) is 35.4 Å². The Hall–Kier alpha value is -1.11. The van der Waals surface area contributed by atoms with Gasteiger partial charge in [0.25, 0.3) is 0 Å². The molecule has 0 saturated heterocycles. The molecule has 0 radical (unpaired) electrons. The maximum atomic E-state index is 12.1. The number of benzene rings is 1. The van der Waals surface area contributed by atoms with E-state index in [2.05, 4.69) is 4.74 Å². The van der Waals surface area contributed by atoms with Gasteiger partial charge in [-0.3, -0.25) is 0 Å². The molecular formula is C13H17F3O3. The number of hydrogen-bond acceptors (Lipinski definition) is 3. The molecule has 3 nitrogen and oxygen atoms in total. The average Bonchev–Trinajstić information content (AvgIpc) is 2.35. The summed E-state index contributed by atoms with van der Waals surface area (Å²) < 4.78 is 40.8. The second kappa shape index (κ2) is 6.36. The molecule has 6 heteroatoms. The first-order chi connectivity index (χ1) is 8.84. The van der Waals surface area contributed by atoms with Crippen molar-refractivity contribution in [1.82, 2.24) is 0 Å². The number of aryl methyl sites for hydroxylation is 1. The Kier molecular flexibility index (Phi) is 5.34. The second-order valence-corrected chi connectivity index (χ2v) is 4.52. The topological polar surface area (TPSA) is 49.7 Å². The summed E-state index contributed by atoms with van der Waals surface area (Å²) in [5, 5.41) is 18.9. The summed E-state index contributed by atoms with van der Waals surface area (Å²) in [5.74, 6) is 0. The lowest BCUT2D eigenvalue weighted by Crippen LogP contribution is -2.41. The van der Waals surface area contributed by atoms with Crippen LogP contribution in [-0.4, -0.2) is 42.8 Å². The molecule has 19 heavy (non-hydrogen) atoms. The normalized spacial score (nSPS) is 12.7. The van der Waals surface area contributed by atoms with Gasteiger partial charge in [-0.25, -0.2) is 0 Å². The van der Waals surface area contributed by atoms with Crippen molar-refractivity contribution in [2.24, 2.45) is 0 Å². The van der Waals surface area contributed by atoms with E-state index in [-0.39, 0.29) is 0 Å². The third-order valence-electron chi connectivity index (χ3n) is 2.97. The van der Waals surface area contributed by atoms with E-state index in [1.165, 1.54) is 0 Å². The summed E-state index contributed by atoms with van der Waals surface area (Å²) in [4.78, 5) is 0. The SMILES string of the molecule is Cc1ccccc1C(CO)(CO)COCC(F)(F)F. The molecule has 1 rings (SSSR count). The predicted octanol–water partition coefficient (Wildman–Crippen LogP) is 1.80. The van der Waals surface area contributed by atoms with Crippen LogP contribution < -0.4 is 0 Å². The van der Waals surface area contributed by atoms with Gasteiger partial charge in [-0.1, -0.05) is 24.3 Å². The van der Waals surface area contributed by atoms with Crippen LogP contribution in [0, 0.1) is 6.92 Å². The van der Waals surface area contributed by atoms with Crippen molar-refractivity contribution in [2.75, 3.05) is 26.4 Å². The fourth-order valence-corrected chi connectivity index (χ4v) is 1.92. The minimum absolute atomic E-state index is 0.398. The van der Waals surface area contributed by atoms with Crippen molar-refractivity contribution in [1.29, 1.82) is 0 Å². The van der Waals surface area contributed by atoms with Gasteiger partial charge in [0.2, 0.25) is 0 Å². The van der Waals surface area contributed by atoms with Gasteiger partial charge < -0.3 is 14.9 Å². The highest BCUT2D eigenvalue weighted by molar-refractivity contribution is 5.34. The van der Waals surface area contributed by atoms with E-state index in [0.717, 1.165) is 5.56 Å². The van der Waals surface area contributed by atoms with E-state index >= 15 is 0 Å². The maximum absolute atomic E-state index is 12.1. The van der Waals surface area contributed by atoms with Crippen molar-refractivity contribution in [3.63, 3.8) is 0 Å². The molecule has 0 aliphatic carbocycles.